The van der Waals surface area contributed by atoms with Crippen molar-refractivity contribution in [2.45, 2.75) is 70.8 Å². The van der Waals surface area contributed by atoms with Gasteiger partial charge in [-0.15, -0.1) is 0 Å². The Morgan fingerprint density at radius 3 is 2.08 bits per heavy atom. The van der Waals surface area contributed by atoms with Gasteiger partial charge in [-0.25, -0.2) is 4.98 Å². The molecular weight excluding hydrogens is 971 g/mol. The Balaban J connectivity index is 0.928. The molecule has 0 fully saturated rings. The molecule has 5 unspecified atom stereocenters. The first-order chi connectivity index (χ1) is 39.3. The molecule has 5 atom stereocenters. The van der Waals surface area contributed by atoms with Crippen LogP contribution in [-0.4, -0.2) is 25.6 Å². The van der Waals surface area contributed by atoms with Crippen LogP contribution in [0.5, 0.6) is 0 Å². The number of anilines is 2. The van der Waals surface area contributed by atoms with Crippen LogP contribution in [0.4, 0.5) is 11.4 Å². The van der Waals surface area contributed by atoms with Crippen LogP contribution in [0.2, 0.25) is 0 Å². The van der Waals surface area contributed by atoms with Crippen LogP contribution < -0.4 is 4.90 Å². The highest BCUT2D eigenvalue weighted by Gasteiger charge is 2.56. The van der Waals surface area contributed by atoms with Crippen molar-refractivity contribution in [1.82, 2.24) is 19.5 Å². The van der Waals surface area contributed by atoms with Crippen LogP contribution in [0.25, 0.3) is 72.8 Å². The van der Waals surface area contributed by atoms with Crippen molar-refractivity contribution in [1.29, 1.82) is 0 Å². The fourth-order valence-electron chi connectivity index (χ4n) is 16.3. The Kier molecular flexibility index (Phi) is 9.66. The molecule has 5 heteroatoms. The number of hydrogen-bond acceptors (Lipinski definition) is 4. The molecule has 0 saturated heterocycles. The van der Waals surface area contributed by atoms with Crippen molar-refractivity contribution in [3.8, 4) is 51.0 Å². The van der Waals surface area contributed by atoms with Crippen LogP contribution in [0.3, 0.4) is 0 Å². The maximum absolute atomic E-state index is 5.56. The number of hydrogen-bond donors (Lipinski definition) is 0. The van der Waals surface area contributed by atoms with Crippen molar-refractivity contribution >= 4 is 33.2 Å². The maximum Gasteiger partial charge on any atom is 0.238 e. The molecule has 384 valence electrons. The third kappa shape index (κ3) is 6.21. The van der Waals surface area contributed by atoms with Crippen LogP contribution in [0, 0.1) is 17.3 Å². The lowest BCUT2D eigenvalue weighted by atomic mass is 9.65. The zero-order chi connectivity index (χ0) is 53.2. The molecule has 0 N–H and O–H groups in total. The summed E-state index contributed by atoms with van der Waals surface area (Å²) in [7, 11) is 0. The Hall–Kier alpha value is -8.93. The summed E-state index contributed by atoms with van der Waals surface area (Å²) in [6.45, 7) is 9.73. The van der Waals surface area contributed by atoms with Crippen LogP contribution >= 0.6 is 0 Å². The molecule has 0 saturated carbocycles. The highest BCUT2D eigenvalue weighted by Crippen LogP contribution is 2.67. The maximum atomic E-state index is 5.56. The molecule has 0 bridgehead atoms. The number of allylic oxidation sites excluding steroid dienone is 14. The summed E-state index contributed by atoms with van der Waals surface area (Å²) in [6.07, 6.45) is 23.9. The Labute approximate surface area is 467 Å². The first-order valence-electron chi connectivity index (χ1n) is 29.0. The van der Waals surface area contributed by atoms with Crippen molar-refractivity contribution < 1.29 is 0 Å². The van der Waals surface area contributed by atoms with Gasteiger partial charge in [0.05, 0.1) is 22.5 Å². The van der Waals surface area contributed by atoms with Gasteiger partial charge in [0.25, 0.3) is 0 Å². The van der Waals surface area contributed by atoms with Crippen molar-refractivity contribution in [3.63, 3.8) is 0 Å². The van der Waals surface area contributed by atoms with E-state index in [0.717, 1.165) is 42.3 Å². The summed E-state index contributed by atoms with van der Waals surface area (Å²) in [5.41, 5.74) is 27.1. The van der Waals surface area contributed by atoms with Gasteiger partial charge in [-0.3, -0.25) is 4.57 Å². The molecule has 5 nitrogen and oxygen atoms in total. The second-order valence-corrected chi connectivity index (χ2v) is 24.2. The zero-order valence-corrected chi connectivity index (χ0v) is 45.6. The monoisotopic (exact) mass is 1030 g/mol. The molecule has 7 aliphatic carbocycles. The topological polar surface area (TPSA) is 46.8 Å². The van der Waals surface area contributed by atoms with E-state index in [0.29, 0.717) is 29.4 Å². The van der Waals surface area contributed by atoms with Crippen molar-refractivity contribution in [2.75, 3.05) is 4.90 Å². The van der Waals surface area contributed by atoms with Gasteiger partial charge in [0, 0.05) is 50.2 Å². The SMILES string of the molecule is CC1C=CC2=C(C1)C1(C3=C2C=CCC3)c2ccccc2-c2ccc3c4cc(-c5ccc6c(c5)C5C=C7C(=CC5N6c5ccccc5)C(C)(C)C5=C7C=CCC5C)ccc4n(-c4nc(-c5ccccc5)nc(-c5ccccc5)n4)c3c21. The molecule has 8 aliphatic rings. The second-order valence-electron chi connectivity index (χ2n) is 24.2. The first-order valence-corrected chi connectivity index (χ1v) is 29.0. The molecule has 9 aromatic rings. The molecule has 7 aromatic carbocycles. The van der Waals surface area contributed by atoms with Crippen molar-refractivity contribution in [2.24, 2.45) is 17.3 Å². The number of nitrogens with zero attached hydrogens (tertiary/aromatic N) is 5. The third-order valence-corrected chi connectivity index (χ3v) is 19.5. The average molecular weight is 1030 g/mol. The van der Waals surface area contributed by atoms with Gasteiger partial charge in [-0.05, 0) is 152 Å². The number of aromatic nitrogens is 4. The summed E-state index contributed by atoms with van der Waals surface area (Å²) in [5, 5.41) is 2.38. The average Bonchev–Trinajstić information content (AvgIpc) is 4.19. The van der Waals surface area contributed by atoms with E-state index in [1.807, 2.05) is 0 Å². The van der Waals surface area contributed by atoms with Crippen LogP contribution in [-0.2, 0) is 5.41 Å². The fraction of sp³-hybridized carbons (Fsp3) is 0.187. The van der Waals surface area contributed by atoms with E-state index in [2.05, 4.69) is 250 Å². The van der Waals surface area contributed by atoms with Gasteiger partial charge >= 0.3 is 0 Å². The smallest absolute Gasteiger partial charge is 0.238 e. The summed E-state index contributed by atoms with van der Waals surface area (Å²) in [4.78, 5) is 19.0. The summed E-state index contributed by atoms with van der Waals surface area (Å²) in [5.74, 6) is 3.02. The van der Waals surface area contributed by atoms with E-state index in [1.54, 1.807) is 5.57 Å². The van der Waals surface area contributed by atoms with E-state index in [4.69, 9.17) is 15.0 Å². The summed E-state index contributed by atoms with van der Waals surface area (Å²) < 4.78 is 2.43. The van der Waals surface area contributed by atoms with Crippen molar-refractivity contribution in [3.05, 3.63) is 274 Å². The second kappa shape index (κ2) is 16.8. The van der Waals surface area contributed by atoms with Gasteiger partial charge in [0.2, 0.25) is 5.95 Å². The lowest BCUT2D eigenvalue weighted by Crippen LogP contribution is -2.31. The van der Waals surface area contributed by atoms with E-state index >= 15 is 0 Å². The standard InChI is InChI=1S/C75H59N5/c1-44-31-34-53-51-26-14-16-29-61(51)75(64(53)39-44)62-30-17-15-27-52(62)55-35-36-56-58-40-48(33-38-66(58)80(70(56)69(55)75)73-77-71(46-20-8-5-9-21-46)76-72(78-73)47-22-10-6-11-23-47)49-32-37-65-59(41-49)60-42-57-54-28-18-19-45(2)68(54)74(3,4)63(57)43-67(60)79(65)50-24-12-7-13-25-50/h5-15,17-18,20-28,30-38,40-45,60,67H,16,19,29,39H2,1-4H3. The van der Waals surface area contributed by atoms with E-state index < -0.39 is 5.41 Å². The Morgan fingerprint density at radius 2 is 1.29 bits per heavy atom. The minimum atomic E-state index is -0.465. The molecule has 1 spiro atoms. The molecule has 80 heavy (non-hydrogen) atoms. The van der Waals surface area contributed by atoms with Gasteiger partial charge in [0.15, 0.2) is 11.6 Å². The normalized spacial score (nSPS) is 23.3. The quantitative estimate of drug-likeness (QED) is 0.172. The third-order valence-electron chi connectivity index (χ3n) is 19.5. The molecule has 17 rings (SSSR count). The minimum Gasteiger partial charge on any atom is -0.333 e. The van der Waals surface area contributed by atoms with E-state index in [-0.39, 0.29) is 17.4 Å². The van der Waals surface area contributed by atoms with E-state index in [9.17, 15) is 0 Å². The van der Waals surface area contributed by atoms with Gasteiger partial charge < -0.3 is 4.90 Å². The first kappa shape index (κ1) is 46.0. The Morgan fingerprint density at radius 1 is 0.588 bits per heavy atom. The highest BCUT2D eigenvalue weighted by molar-refractivity contribution is 6.15. The number of benzene rings is 7. The number of rotatable bonds is 5. The molecule has 0 radical (unpaired) electrons. The fourth-order valence-corrected chi connectivity index (χ4v) is 16.3. The van der Waals surface area contributed by atoms with Gasteiger partial charge in [0.1, 0.15) is 0 Å². The molecule has 3 heterocycles. The molecular formula is C75H59N5. The van der Waals surface area contributed by atoms with Gasteiger partial charge in [-0.1, -0.05) is 204 Å². The molecule has 1 aliphatic heterocycles. The highest BCUT2D eigenvalue weighted by atomic mass is 15.2. The predicted molar refractivity (Wildman–Crippen MR) is 327 cm³/mol. The van der Waals surface area contributed by atoms with Crippen LogP contribution in [0.15, 0.2) is 257 Å². The largest absolute Gasteiger partial charge is 0.333 e. The lowest BCUT2D eigenvalue weighted by molar-refractivity contribution is 0.474. The number of fused-ring (bicyclic) bond motifs is 17. The molecule has 2 aromatic heterocycles. The summed E-state index contributed by atoms with van der Waals surface area (Å²) in [6, 6.07) is 60.7. The zero-order valence-electron chi connectivity index (χ0n) is 45.6. The number of para-hydroxylation sites is 1. The molecule has 0 amide bonds. The lowest BCUT2D eigenvalue weighted by Gasteiger charge is -2.37. The minimum absolute atomic E-state index is 0.0289. The predicted octanol–water partition coefficient (Wildman–Crippen LogP) is 18.2. The summed E-state index contributed by atoms with van der Waals surface area (Å²) >= 11 is 0. The van der Waals surface area contributed by atoms with E-state index in [1.165, 1.54) is 106 Å². The van der Waals surface area contributed by atoms with Gasteiger partial charge in [-0.2, -0.15) is 9.97 Å². The van der Waals surface area contributed by atoms with Crippen LogP contribution in [0.1, 0.15) is 76.0 Å². The Bertz CT molecular complexity index is 4420.